The molecule has 0 saturated heterocycles. The number of rotatable bonds is 4. The first-order valence-corrected chi connectivity index (χ1v) is 9.72. The summed E-state index contributed by atoms with van der Waals surface area (Å²) in [5.74, 6) is -0.0766. The Bertz CT molecular complexity index is 1360. The largest absolute Gasteiger partial charge is 0.508 e. The van der Waals surface area contributed by atoms with Crippen LogP contribution in [0.25, 0.3) is 33.4 Å². The molecule has 0 fully saturated rings. The number of aromatic amines is 1. The van der Waals surface area contributed by atoms with Crippen molar-refractivity contribution in [2.75, 3.05) is 0 Å². The van der Waals surface area contributed by atoms with Gasteiger partial charge < -0.3 is 14.5 Å². The SMILES string of the molecule is Cc1c(C(=O)c2coc3ccc(O)cc23)[nH]c(-c2ccccc2)c1-c1ccccc1. The second-order valence-electron chi connectivity index (χ2n) is 7.27. The van der Waals surface area contributed by atoms with Crippen molar-refractivity contribution in [1.29, 1.82) is 0 Å². The number of aromatic nitrogens is 1. The number of phenolic OH excluding ortho intramolecular Hbond substituents is 1. The molecule has 4 nitrogen and oxygen atoms in total. The molecular weight excluding hydrogens is 374 g/mol. The van der Waals surface area contributed by atoms with E-state index in [1.54, 1.807) is 18.2 Å². The number of ketones is 1. The van der Waals surface area contributed by atoms with Crippen LogP contribution in [-0.4, -0.2) is 15.9 Å². The van der Waals surface area contributed by atoms with E-state index in [1.165, 1.54) is 6.26 Å². The van der Waals surface area contributed by atoms with Crippen LogP contribution >= 0.6 is 0 Å². The van der Waals surface area contributed by atoms with E-state index in [9.17, 15) is 9.90 Å². The number of furan rings is 1. The number of phenols is 1. The Labute approximate surface area is 173 Å². The number of aromatic hydroxyl groups is 1. The van der Waals surface area contributed by atoms with E-state index in [0.717, 1.165) is 27.9 Å². The summed E-state index contributed by atoms with van der Waals surface area (Å²) >= 11 is 0. The van der Waals surface area contributed by atoms with Crippen LogP contribution in [-0.2, 0) is 0 Å². The molecule has 0 atom stereocenters. The van der Waals surface area contributed by atoms with Gasteiger partial charge in [0.15, 0.2) is 0 Å². The molecule has 0 aliphatic heterocycles. The predicted molar refractivity (Wildman–Crippen MR) is 118 cm³/mol. The van der Waals surface area contributed by atoms with Gasteiger partial charge in [-0.2, -0.15) is 0 Å². The molecule has 0 spiro atoms. The van der Waals surface area contributed by atoms with Crippen molar-refractivity contribution in [3.8, 4) is 28.1 Å². The number of carbonyl (C=O) groups excluding carboxylic acids is 1. The molecule has 0 saturated carbocycles. The Balaban J connectivity index is 1.72. The number of benzene rings is 3. The van der Waals surface area contributed by atoms with Crippen molar-refractivity contribution in [2.45, 2.75) is 6.92 Å². The Morgan fingerprint density at radius 3 is 2.27 bits per heavy atom. The molecule has 4 heteroatoms. The van der Waals surface area contributed by atoms with E-state index in [-0.39, 0.29) is 11.5 Å². The van der Waals surface area contributed by atoms with Crippen molar-refractivity contribution < 1.29 is 14.3 Å². The number of hydrogen-bond donors (Lipinski definition) is 2. The molecule has 146 valence electrons. The fourth-order valence-electron chi connectivity index (χ4n) is 3.94. The molecule has 5 aromatic rings. The lowest BCUT2D eigenvalue weighted by Gasteiger charge is -2.06. The van der Waals surface area contributed by atoms with Gasteiger partial charge in [0.25, 0.3) is 0 Å². The molecule has 3 aromatic carbocycles. The fourth-order valence-corrected chi connectivity index (χ4v) is 3.94. The smallest absolute Gasteiger partial charge is 0.213 e. The van der Waals surface area contributed by atoms with E-state index in [1.807, 2.05) is 67.6 Å². The molecule has 0 aliphatic carbocycles. The summed E-state index contributed by atoms with van der Waals surface area (Å²) in [4.78, 5) is 16.9. The summed E-state index contributed by atoms with van der Waals surface area (Å²) in [6.45, 7) is 1.96. The second kappa shape index (κ2) is 7.08. The highest BCUT2D eigenvalue weighted by Crippen LogP contribution is 2.38. The van der Waals surface area contributed by atoms with Crippen molar-refractivity contribution in [3.05, 3.63) is 102 Å². The highest BCUT2D eigenvalue weighted by Gasteiger charge is 2.24. The lowest BCUT2D eigenvalue weighted by Crippen LogP contribution is -2.03. The normalized spacial score (nSPS) is 11.1. The average Bonchev–Trinajstić information content (AvgIpc) is 3.35. The monoisotopic (exact) mass is 393 g/mol. The zero-order chi connectivity index (χ0) is 20.7. The van der Waals surface area contributed by atoms with Gasteiger partial charge >= 0.3 is 0 Å². The number of hydrogen-bond acceptors (Lipinski definition) is 3. The molecule has 30 heavy (non-hydrogen) atoms. The van der Waals surface area contributed by atoms with E-state index >= 15 is 0 Å². The van der Waals surface area contributed by atoms with Crippen LogP contribution in [0.2, 0.25) is 0 Å². The number of fused-ring (bicyclic) bond motifs is 1. The number of H-pyrrole nitrogens is 1. The zero-order valence-corrected chi connectivity index (χ0v) is 16.3. The zero-order valence-electron chi connectivity index (χ0n) is 16.3. The molecule has 0 radical (unpaired) electrons. The number of carbonyl (C=O) groups is 1. The van der Waals surface area contributed by atoms with Crippen LogP contribution in [0.1, 0.15) is 21.6 Å². The first-order chi connectivity index (χ1) is 14.6. The molecule has 2 N–H and O–H groups in total. The molecule has 0 bridgehead atoms. The van der Waals surface area contributed by atoms with E-state index in [4.69, 9.17) is 4.42 Å². The van der Waals surface area contributed by atoms with Crippen LogP contribution in [0.3, 0.4) is 0 Å². The van der Waals surface area contributed by atoms with Crippen LogP contribution in [0.4, 0.5) is 0 Å². The maximum Gasteiger partial charge on any atom is 0.213 e. The lowest BCUT2D eigenvalue weighted by molar-refractivity contribution is 0.103. The highest BCUT2D eigenvalue weighted by molar-refractivity contribution is 6.17. The maximum atomic E-state index is 13.5. The second-order valence-corrected chi connectivity index (χ2v) is 7.27. The van der Waals surface area contributed by atoms with Crippen LogP contribution in [0.15, 0.2) is 89.5 Å². The Morgan fingerprint density at radius 1 is 0.900 bits per heavy atom. The van der Waals surface area contributed by atoms with Gasteiger partial charge in [-0.05, 0) is 41.8 Å². The summed E-state index contributed by atoms with van der Waals surface area (Å²) in [5.41, 5.74) is 6.32. The summed E-state index contributed by atoms with van der Waals surface area (Å²) in [6, 6.07) is 24.8. The van der Waals surface area contributed by atoms with Gasteiger partial charge in [-0.1, -0.05) is 60.7 Å². The van der Waals surface area contributed by atoms with Gasteiger partial charge in [-0.15, -0.1) is 0 Å². The van der Waals surface area contributed by atoms with Gasteiger partial charge in [0.1, 0.15) is 17.6 Å². The summed E-state index contributed by atoms with van der Waals surface area (Å²) in [5, 5.41) is 10.5. The molecule has 2 aromatic heterocycles. The van der Waals surface area contributed by atoms with Crippen LogP contribution in [0, 0.1) is 6.92 Å². The first kappa shape index (κ1) is 18.0. The van der Waals surface area contributed by atoms with Crippen LogP contribution < -0.4 is 0 Å². The van der Waals surface area contributed by atoms with Crippen molar-refractivity contribution >= 4 is 16.8 Å². The summed E-state index contributed by atoms with van der Waals surface area (Å²) in [6.07, 6.45) is 1.46. The maximum absolute atomic E-state index is 13.5. The Morgan fingerprint density at radius 2 is 1.57 bits per heavy atom. The quantitative estimate of drug-likeness (QED) is 0.350. The third-order valence-electron chi connectivity index (χ3n) is 5.40. The van der Waals surface area contributed by atoms with Crippen molar-refractivity contribution in [2.24, 2.45) is 0 Å². The molecule has 0 aliphatic rings. The van der Waals surface area contributed by atoms with Gasteiger partial charge in [0, 0.05) is 10.9 Å². The van der Waals surface area contributed by atoms with Gasteiger partial charge in [0.2, 0.25) is 5.78 Å². The Hall–Kier alpha value is -4.05. The minimum Gasteiger partial charge on any atom is -0.508 e. The molecule has 0 unspecified atom stereocenters. The number of nitrogens with one attached hydrogen (secondary N) is 1. The van der Waals surface area contributed by atoms with E-state index in [2.05, 4.69) is 4.98 Å². The molecular formula is C26H19NO3. The molecule has 5 rings (SSSR count). The predicted octanol–water partition coefficient (Wildman–Crippen LogP) is 6.34. The van der Waals surface area contributed by atoms with E-state index < -0.39 is 0 Å². The van der Waals surface area contributed by atoms with Gasteiger partial charge in [-0.25, -0.2) is 0 Å². The lowest BCUT2D eigenvalue weighted by atomic mass is 9.96. The fraction of sp³-hybridized carbons (Fsp3) is 0.0385. The summed E-state index contributed by atoms with van der Waals surface area (Å²) in [7, 11) is 0. The highest BCUT2D eigenvalue weighted by atomic mass is 16.3. The molecule has 0 amide bonds. The minimum atomic E-state index is -0.170. The van der Waals surface area contributed by atoms with Gasteiger partial charge in [0.05, 0.1) is 17.0 Å². The average molecular weight is 393 g/mol. The standard InChI is InChI=1S/C26H19NO3/c1-16-23(17-8-4-2-5-9-17)25(18-10-6-3-7-11-18)27-24(16)26(29)21-15-30-22-13-12-19(28)14-20(21)22/h2-15,27-28H,1H3. The third kappa shape index (κ3) is 2.90. The topological polar surface area (TPSA) is 66.2 Å². The van der Waals surface area contributed by atoms with E-state index in [0.29, 0.717) is 22.2 Å². The molecule has 2 heterocycles. The summed E-state index contributed by atoms with van der Waals surface area (Å²) < 4.78 is 5.55. The van der Waals surface area contributed by atoms with Crippen molar-refractivity contribution in [3.63, 3.8) is 0 Å². The third-order valence-corrected chi connectivity index (χ3v) is 5.40. The van der Waals surface area contributed by atoms with Crippen molar-refractivity contribution in [1.82, 2.24) is 4.98 Å². The van der Waals surface area contributed by atoms with Gasteiger partial charge in [-0.3, -0.25) is 4.79 Å². The Kier molecular flexibility index (Phi) is 4.25. The first-order valence-electron chi connectivity index (χ1n) is 9.72. The van der Waals surface area contributed by atoms with Crippen LogP contribution in [0.5, 0.6) is 5.75 Å². The minimum absolute atomic E-state index is 0.0936.